The molecule has 0 radical (unpaired) electrons. The zero-order valence-electron chi connectivity index (χ0n) is 11.4. The van der Waals surface area contributed by atoms with E-state index >= 15 is 0 Å². The summed E-state index contributed by atoms with van der Waals surface area (Å²) in [5.41, 5.74) is 7.06. The second kappa shape index (κ2) is 8.89. The lowest BCUT2D eigenvalue weighted by molar-refractivity contribution is -0.120. The third-order valence-electron chi connectivity index (χ3n) is 2.46. The third-order valence-corrected chi connectivity index (χ3v) is 2.46. The molecule has 0 aliphatic rings. The van der Waals surface area contributed by atoms with Crippen molar-refractivity contribution in [2.24, 2.45) is 5.73 Å². The van der Waals surface area contributed by atoms with Crippen LogP contribution in [0, 0.1) is 0 Å². The van der Waals surface area contributed by atoms with E-state index in [4.69, 9.17) is 10.5 Å². The predicted molar refractivity (Wildman–Crippen MR) is 76.2 cm³/mol. The van der Waals surface area contributed by atoms with Crippen molar-refractivity contribution < 1.29 is 14.3 Å². The number of hydrogen-bond acceptors (Lipinski definition) is 4. The van der Waals surface area contributed by atoms with E-state index in [0.717, 1.165) is 5.56 Å². The van der Waals surface area contributed by atoms with E-state index in [1.807, 2.05) is 6.07 Å². The van der Waals surface area contributed by atoms with Gasteiger partial charge in [-0.1, -0.05) is 12.1 Å². The lowest BCUT2D eigenvalue weighted by atomic mass is 10.2. The lowest BCUT2D eigenvalue weighted by Crippen LogP contribution is -2.39. The molecule has 0 fully saturated rings. The number of urea groups is 1. The van der Waals surface area contributed by atoms with Gasteiger partial charge in [-0.15, -0.1) is 0 Å². The first-order chi connectivity index (χ1) is 9.65. The highest BCUT2D eigenvalue weighted by Gasteiger charge is 2.05. The maximum Gasteiger partial charge on any atom is 0.319 e. The van der Waals surface area contributed by atoms with E-state index in [-0.39, 0.29) is 12.5 Å². The summed E-state index contributed by atoms with van der Waals surface area (Å²) in [5, 5.41) is 7.69. The molecule has 20 heavy (non-hydrogen) atoms. The molecule has 5 N–H and O–H groups in total. The van der Waals surface area contributed by atoms with E-state index < -0.39 is 6.03 Å². The predicted octanol–water partition coefficient (Wildman–Crippen LogP) is 0.0294. The smallest absolute Gasteiger partial charge is 0.319 e. The Balaban J connectivity index is 2.30. The van der Waals surface area contributed by atoms with Gasteiger partial charge in [-0.25, -0.2) is 4.79 Å². The standard InChI is InChI=1S/C13H20N4O3/c1-20-6-5-15-12(18)9-16-13(19)17-11-4-2-3-10(7-11)8-14/h2-4,7H,5-6,8-9,14H2,1H3,(H,15,18)(H2,16,17,19). The van der Waals surface area contributed by atoms with Gasteiger partial charge in [0.2, 0.25) is 5.91 Å². The van der Waals surface area contributed by atoms with Crippen molar-refractivity contribution in [1.29, 1.82) is 0 Å². The van der Waals surface area contributed by atoms with Crippen molar-refractivity contribution in [3.05, 3.63) is 29.8 Å². The Morgan fingerprint density at radius 3 is 2.80 bits per heavy atom. The molecule has 0 spiro atoms. The van der Waals surface area contributed by atoms with Crippen LogP contribution in [0.4, 0.5) is 10.5 Å². The van der Waals surface area contributed by atoms with Gasteiger partial charge in [0.15, 0.2) is 0 Å². The maximum absolute atomic E-state index is 11.6. The second-order valence-electron chi connectivity index (χ2n) is 4.05. The van der Waals surface area contributed by atoms with Gasteiger partial charge in [0.05, 0.1) is 13.2 Å². The summed E-state index contributed by atoms with van der Waals surface area (Å²) in [7, 11) is 1.55. The first-order valence-electron chi connectivity index (χ1n) is 6.25. The SMILES string of the molecule is COCCNC(=O)CNC(=O)Nc1cccc(CN)c1. The van der Waals surface area contributed by atoms with E-state index in [2.05, 4.69) is 16.0 Å². The second-order valence-corrected chi connectivity index (χ2v) is 4.05. The average Bonchev–Trinajstić information content (AvgIpc) is 2.45. The van der Waals surface area contributed by atoms with Crippen molar-refractivity contribution in [3.63, 3.8) is 0 Å². The van der Waals surface area contributed by atoms with Crippen molar-refractivity contribution in [3.8, 4) is 0 Å². The summed E-state index contributed by atoms with van der Waals surface area (Å²) in [6, 6.07) is 6.75. The molecule has 0 aliphatic carbocycles. The molecule has 1 rings (SSSR count). The monoisotopic (exact) mass is 280 g/mol. The molecule has 0 unspecified atom stereocenters. The molecule has 7 nitrogen and oxygen atoms in total. The molecule has 0 saturated heterocycles. The van der Waals surface area contributed by atoms with Crippen molar-refractivity contribution in [2.75, 3.05) is 32.1 Å². The number of hydrogen-bond donors (Lipinski definition) is 4. The highest BCUT2D eigenvalue weighted by Crippen LogP contribution is 2.09. The third kappa shape index (κ3) is 6.17. The first-order valence-corrected chi connectivity index (χ1v) is 6.25. The Morgan fingerprint density at radius 1 is 1.30 bits per heavy atom. The number of ether oxygens (including phenoxy) is 1. The van der Waals surface area contributed by atoms with Crippen LogP contribution in [0.25, 0.3) is 0 Å². The fourth-order valence-corrected chi connectivity index (χ4v) is 1.47. The Bertz CT molecular complexity index is 451. The van der Waals surface area contributed by atoms with Crippen LogP contribution in [0.2, 0.25) is 0 Å². The number of nitrogens with one attached hydrogen (secondary N) is 3. The number of nitrogens with two attached hydrogens (primary N) is 1. The lowest BCUT2D eigenvalue weighted by Gasteiger charge is -2.09. The molecule has 1 aromatic carbocycles. The minimum Gasteiger partial charge on any atom is -0.383 e. The highest BCUT2D eigenvalue weighted by atomic mass is 16.5. The van der Waals surface area contributed by atoms with Gasteiger partial charge in [0.1, 0.15) is 0 Å². The van der Waals surface area contributed by atoms with Crippen LogP contribution >= 0.6 is 0 Å². The Morgan fingerprint density at radius 2 is 2.10 bits per heavy atom. The molecule has 1 aromatic rings. The van der Waals surface area contributed by atoms with Crippen molar-refractivity contribution >= 4 is 17.6 Å². The molecule has 0 saturated carbocycles. The maximum atomic E-state index is 11.6. The fourth-order valence-electron chi connectivity index (χ4n) is 1.47. The molecule has 0 aliphatic heterocycles. The van der Waals surface area contributed by atoms with Crippen molar-refractivity contribution in [1.82, 2.24) is 10.6 Å². The fraction of sp³-hybridized carbons (Fsp3) is 0.385. The van der Waals surface area contributed by atoms with E-state index in [1.165, 1.54) is 0 Å². The van der Waals surface area contributed by atoms with Crippen LogP contribution in [-0.4, -0.2) is 38.7 Å². The molecule has 0 heterocycles. The van der Waals surface area contributed by atoms with Crippen LogP contribution in [0.5, 0.6) is 0 Å². The zero-order chi connectivity index (χ0) is 14.8. The molecule has 110 valence electrons. The van der Waals surface area contributed by atoms with Gasteiger partial charge >= 0.3 is 6.03 Å². The summed E-state index contributed by atoms with van der Waals surface area (Å²) < 4.78 is 4.79. The van der Waals surface area contributed by atoms with E-state index in [0.29, 0.717) is 25.4 Å². The Kier molecular flexibility index (Phi) is 7.08. The first kappa shape index (κ1) is 15.9. The quantitative estimate of drug-likeness (QED) is 0.529. The minimum absolute atomic E-state index is 0.0911. The number of carbonyl (C=O) groups is 2. The van der Waals surface area contributed by atoms with E-state index in [9.17, 15) is 9.59 Å². The number of benzene rings is 1. The van der Waals surface area contributed by atoms with E-state index in [1.54, 1.807) is 25.3 Å². The van der Waals surface area contributed by atoms with Crippen molar-refractivity contribution in [2.45, 2.75) is 6.54 Å². The van der Waals surface area contributed by atoms with Gasteiger partial charge in [-0.3, -0.25) is 4.79 Å². The normalized spacial score (nSPS) is 9.90. The summed E-state index contributed by atoms with van der Waals surface area (Å²) in [6.07, 6.45) is 0. The van der Waals surface area contributed by atoms with Gasteiger partial charge in [0, 0.05) is 25.9 Å². The number of methoxy groups -OCH3 is 1. The molecule has 0 aromatic heterocycles. The molecule has 7 heteroatoms. The summed E-state index contributed by atoms with van der Waals surface area (Å²) in [5.74, 6) is -0.270. The summed E-state index contributed by atoms with van der Waals surface area (Å²) in [6.45, 7) is 1.16. The highest BCUT2D eigenvalue weighted by molar-refractivity contribution is 5.92. The average molecular weight is 280 g/mol. The van der Waals surface area contributed by atoms with Crippen LogP contribution in [0.3, 0.4) is 0 Å². The minimum atomic E-state index is -0.443. The van der Waals surface area contributed by atoms with Crippen LogP contribution in [0.1, 0.15) is 5.56 Å². The van der Waals surface area contributed by atoms with Crippen LogP contribution in [0.15, 0.2) is 24.3 Å². The largest absolute Gasteiger partial charge is 0.383 e. The molecular formula is C13H20N4O3. The van der Waals surface area contributed by atoms with Gasteiger partial charge in [0.25, 0.3) is 0 Å². The zero-order valence-corrected chi connectivity index (χ0v) is 11.4. The molecule has 3 amide bonds. The van der Waals surface area contributed by atoms with Crippen LogP contribution < -0.4 is 21.7 Å². The summed E-state index contributed by atoms with van der Waals surface area (Å²) >= 11 is 0. The Hall–Kier alpha value is -2.12. The Labute approximate surface area is 117 Å². The van der Waals surface area contributed by atoms with Crippen LogP contribution in [-0.2, 0) is 16.1 Å². The van der Waals surface area contributed by atoms with Gasteiger partial charge < -0.3 is 26.4 Å². The molecule has 0 atom stereocenters. The van der Waals surface area contributed by atoms with Gasteiger partial charge in [-0.2, -0.15) is 0 Å². The summed E-state index contributed by atoms with van der Waals surface area (Å²) in [4.78, 5) is 22.9. The number of anilines is 1. The molecular weight excluding hydrogens is 260 g/mol. The molecule has 0 bridgehead atoms. The number of carbonyl (C=O) groups excluding carboxylic acids is 2. The number of rotatable bonds is 7. The van der Waals surface area contributed by atoms with Gasteiger partial charge in [-0.05, 0) is 17.7 Å². The number of amides is 3. The topological polar surface area (TPSA) is 105 Å².